The summed E-state index contributed by atoms with van der Waals surface area (Å²) >= 11 is 0. The monoisotopic (exact) mass is 316 g/mol. The van der Waals surface area contributed by atoms with Crippen molar-refractivity contribution in [3.63, 3.8) is 0 Å². The number of nitrogens with two attached hydrogens (primary N) is 1. The second-order valence-corrected chi connectivity index (χ2v) is 5.43. The van der Waals surface area contributed by atoms with Crippen molar-refractivity contribution in [1.29, 1.82) is 0 Å². The first-order chi connectivity index (χ1) is 9.70. The standard InChI is InChI=1S/C15H24N2O3.ClH/c1-11-4-2-3-5-14(11)19-7-6-17-15(18)12-8-13(9-16)20-10-12;/h8,10-11,14H,2-7,9,16H2,1H3,(H,17,18);1H. The van der Waals surface area contributed by atoms with Crippen molar-refractivity contribution in [1.82, 2.24) is 5.32 Å². The van der Waals surface area contributed by atoms with Gasteiger partial charge in [-0.1, -0.05) is 19.8 Å². The maximum Gasteiger partial charge on any atom is 0.254 e. The fourth-order valence-electron chi connectivity index (χ4n) is 2.61. The van der Waals surface area contributed by atoms with Gasteiger partial charge in [0.05, 0.1) is 24.8 Å². The van der Waals surface area contributed by atoms with E-state index >= 15 is 0 Å². The normalized spacial score (nSPS) is 21.6. The highest BCUT2D eigenvalue weighted by molar-refractivity contribution is 5.93. The van der Waals surface area contributed by atoms with Crippen LogP contribution in [0.15, 0.2) is 16.7 Å². The SMILES string of the molecule is CC1CCCCC1OCCNC(=O)c1coc(CN)c1.Cl. The van der Waals surface area contributed by atoms with Crippen LogP contribution in [0.2, 0.25) is 0 Å². The number of hydrogen-bond donors (Lipinski definition) is 2. The summed E-state index contributed by atoms with van der Waals surface area (Å²) in [6.45, 7) is 3.62. The Morgan fingerprint density at radius 1 is 1.48 bits per heavy atom. The lowest BCUT2D eigenvalue weighted by Gasteiger charge is -2.28. The predicted molar refractivity (Wildman–Crippen MR) is 83.6 cm³/mol. The molecule has 1 aliphatic carbocycles. The van der Waals surface area contributed by atoms with Crippen molar-refractivity contribution >= 4 is 18.3 Å². The minimum absolute atomic E-state index is 0. The molecule has 1 saturated carbocycles. The van der Waals surface area contributed by atoms with E-state index in [0.717, 1.165) is 6.42 Å². The molecule has 0 radical (unpaired) electrons. The maximum atomic E-state index is 11.8. The number of hydrogen-bond acceptors (Lipinski definition) is 4. The van der Waals surface area contributed by atoms with Gasteiger partial charge < -0.3 is 20.2 Å². The van der Waals surface area contributed by atoms with Gasteiger partial charge in [0, 0.05) is 6.54 Å². The van der Waals surface area contributed by atoms with Crippen LogP contribution in [0, 0.1) is 5.92 Å². The number of ether oxygens (including phenoxy) is 1. The zero-order valence-electron chi connectivity index (χ0n) is 12.5. The predicted octanol–water partition coefficient (Wildman–Crippen LogP) is 2.49. The highest BCUT2D eigenvalue weighted by Gasteiger charge is 2.21. The molecule has 3 N–H and O–H groups in total. The summed E-state index contributed by atoms with van der Waals surface area (Å²) in [5.41, 5.74) is 5.95. The van der Waals surface area contributed by atoms with Crippen LogP contribution in [0.1, 0.15) is 48.7 Å². The molecule has 0 spiro atoms. The van der Waals surface area contributed by atoms with Crippen molar-refractivity contribution in [3.8, 4) is 0 Å². The molecule has 0 bridgehead atoms. The Morgan fingerprint density at radius 2 is 2.24 bits per heavy atom. The number of furan rings is 1. The van der Waals surface area contributed by atoms with Crippen molar-refractivity contribution < 1.29 is 13.9 Å². The van der Waals surface area contributed by atoms with E-state index < -0.39 is 0 Å². The van der Waals surface area contributed by atoms with E-state index in [1.54, 1.807) is 6.07 Å². The molecule has 2 unspecified atom stereocenters. The number of carbonyl (C=O) groups is 1. The van der Waals surface area contributed by atoms with Gasteiger partial charge >= 0.3 is 0 Å². The molecule has 6 heteroatoms. The molecule has 2 rings (SSSR count). The number of rotatable bonds is 6. The summed E-state index contributed by atoms with van der Waals surface area (Å²) in [5.74, 6) is 1.09. The van der Waals surface area contributed by atoms with E-state index in [2.05, 4.69) is 12.2 Å². The summed E-state index contributed by atoms with van der Waals surface area (Å²) in [5, 5.41) is 2.83. The van der Waals surface area contributed by atoms with Crippen LogP contribution < -0.4 is 11.1 Å². The fraction of sp³-hybridized carbons (Fsp3) is 0.667. The summed E-state index contributed by atoms with van der Waals surface area (Å²) in [4.78, 5) is 11.8. The van der Waals surface area contributed by atoms with Gasteiger partial charge in [0.1, 0.15) is 12.0 Å². The second-order valence-electron chi connectivity index (χ2n) is 5.43. The minimum atomic E-state index is -0.145. The first kappa shape index (κ1) is 18.0. The number of carbonyl (C=O) groups excluding carboxylic acids is 1. The van der Waals surface area contributed by atoms with Crippen LogP contribution in [0.5, 0.6) is 0 Å². The van der Waals surface area contributed by atoms with Gasteiger partial charge in [0.15, 0.2) is 0 Å². The van der Waals surface area contributed by atoms with Crippen molar-refractivity contribution in [2.75, 3.05) is 13.2 Å². The lowest BCUT2D eigenvalue weighted by atomic mass is 9.88. The van der Waals surface area contributed by atoms with Crippen molar-refractivity contribution in [2.24, 2.45) is 11.7 Å². The van der Waals surface area contributed by atoms with E-state index in [1.165, 1.54) is 25.5 Å². The molecule has 0 aromatic carbocycles. The average Bonchev–Trinajstić information content (AvgIpc) is 2.94. The highest BCUT2D eigenvalue weighted by atomic mass is 35.5. The minimum Gasteiger partial charge on any atom is -0.467 e. The Hall–Kier alpha value is -1.04. The molecule has 120 valence electrons. The second kappa shape index (κ2) is 9.07. The van der Waals surface area contributed by atoms with E-state index in [4.69, 9.17) is 14.9 Å². The smallest absolute Gasteiger partial charge is 0.254 e. The van der Waals surface area contributed by atoms with E-state index in [-0.39, 0.29) is 18.3 Å². The van der Waals surface area contributed by atoms with Gasteiger partial charge in [-0.25, -0.2) is 0 Å². The molecule has 2 atom stereocenters. The van der Waals surface area contributed by atoms with Gasteiger partial charge in [-0.2, -0.15) is 0 Å². The van der Waals surface area contributed by atoms with Gasteiger partial charge in [-0.05, 0) is 24.8 Å². The first-order valence-electron chi connectivity index (χ1n) is 7.38. The lowest BCUT2D eigenvalue weighted by molar-refractivity contribution is -0.00294. The summed E-state index contributed by atoms with van der Waals surface area (Å²) in [6.07, 6.45) is 6.71. The van der Waals surface area contributed by atoms with E-state index in [1.807, 2.05) is 0 Å². The van der Waals surface area contributed by atoms with Crippen LogP contribution in [0.25, 0.3) is 0 Å². The third kappa shape index (κ3) is 5.34. The Morgan fingerprint density at radius 3 is 2.90 bits per heavy atom. The Labute approximate surface area is 132 Å². The van der Waals surface area contributed by atoms with Crippen LogP contribution in [0.4, 0.5) is 0 Å². The fourth-order valence-corrected chi connectivity index (χ4v) is 2.61. The van der Waals surface area contributed by atoms with Crippen LogP contribution in [-0.4, -0.2) is 25.2 Å². The largest absolute Gasteiger partial charge is 0.467 e. The molecule has 0 saturated heterocycles. The number of nitrogens with one attached hydrogen (secondary N) is 1. The van der Waals surface area contributed by atoms with Gasteiger partial charge in [-0.3, -0.25) is 4.79 Å². The summed E-state index contributed by atoms with van der Waals surface area (Å²) in [7, 11) is 0. The zero-order chi connectivity index (χ0) is 14.4. The lowest BCUT2D eigenvalue weighted by Crippen LogP contribution is -2.31. The Kier molecular flexibility index (Phi) is 7.78. The molecule has 5 nitrogen and oxygen atoms in total. The van der Waals surface area contributed by atoms with Crippen molar-refractivity contribution in [3.05, 3.63) is 23.7 Å². The average molecular weight is 317 g/mol. The molecule has 1 aliphatic rings. The molecular weight excluding hydrogens is 292 g/mol. The molecule has 0 aliphatic heterocycles. The summed E-state index contributed by atoms with van der Waals surface area (Å²) in [6, 6.07) is 1.67. The molecule has 1 amide bonds. The zero-order valence-corrected chi connectivity index (χ0v) is 13.3. The van der Waals surface area contributed by atoms with Crippen molar-refractivity contribution in [2.45, 2.75) is 45.3 Å². The quantitative estimate of drug-likeness (QED) is 0.790. The molecule has 1 aromatic heterocycles. The van der Waals surface area contributed by atoms with E-state index in [0.29, 0.717) is 43.0 Å². The Balaban J connectivity index is 0.00000220. The summed E-state index contributed by atoms with van der Waals surface area (Å²) < 4.78 is 11.0. The van der Waals surface area contributed by atoms with E-state index in [9.17, 15) is 4.79 Å². The van der Waals surface area contributed by atoms with Crippen LogP contribution >= 0.6 is 12.4 Å². The third-order valence-electron chi connectivity index (χ3n) is 3.87. The van der Waals surface area contributed by atoms with Gasteiger partial charge in [0.25, 0.3) is 5.91 Å². The Bertz CT molecular complexity index is 436. The van der Waals surface area contributed by atoms with Crippen LogP contribution in [-0.2, 0) is 11.3 Å². The number of halogens is 1. The van der Waals surface area contributed by atoms with Gasteiger partial charge in [-0.15, -0.1) is 12.4 Å². The maximum absolute atomic E-state index is 11.8. The molecule has 21 heavy (non-hydrogen) atoms. The molecule has 1 aromatic rings. The third-order valence-corrected chi connectivity index (χ3v) is 3.87. The molecule has 1 heterocycles. The molecule has 1 fully saturated rings. The first-order valence-corrected chi connectivity index (χ1v) is 7.38. The van der Waals surface area contributed by atoms with Crippen LogP contribution in [0.3, 0.4) is 0 Å². The topological polar surface area (TPSA) is 77.5 Å². The highest BCUT2D eigenvalue weighted by Crippen LogP contribution is 2.25. The number of amides is 1. The van der Waals surface area contributed by atoms with Gasteiger partial charge in [0.2, 0.25) is 0 Å². The molecular formula is C15H25ClN2O3.